The highest BCUT2D eigenvalue weighted by molar-refractivity contribution is 7.99. The van der Waals surface area contributed by atoms with E-state index in [1.165, 1.54) is 0 Å². The molecule has 0 radical (unpaired) electrons. The number of thioether (sulfide) groups is 1. The SMILES string of the molecule is CC(C)(CCCCS(=O)(=O)O)CSCC(O)CO. The van der Waals surface area contributed by atoms with Gasteiger partial charge in [0.05, 0.1) is 18.5 Å². The molecule has 3 N–H and O–H groups in total. The molecule has 110 valence electrons. The Labute approximate surface area is 114 Å². The van der Waals surface area contributed by atoms with Crippen LogP contribution in [-0.4, -0.2) is 53.2 Å². The third-order valence-electron chi connectivity index (χ3n) is 2.52. The van der Waals surface area contributed by atoms with Gasteiger partial charge in [-0.05, 0) is 24.0 Å². The molecule has 0 heterocycles. The van der Waals surface area contributed by atoms with Gasteiger partial charge in [-0.2, -0.15) is 20.2 Å². The number of hydrogen-bond donors (Lipinski definition) is 3. The highest BCUT2D eigenvalue weighted by atomic mass is 32.2. The Morgan fingerprint density at radius 1 is 1.28 bits per heavy atom. The molecule has 0 saturated heterocycles. The van der Waals surface area contributed by atoms with Crippen LogP contribution in [0.25, 0.3) is 0 Å². The lowest BCUT2D eigenvalue weighted by Gasteiger charge is -2.24. The van der Waals surface area contributed by atoms with Crippen LogP contribution in [0, 0.1) is 5.41 Å². The van der Waals surface area contributed by atoms with Crippen molar-refractivity contribution < 1.29 is 23.2 Å². The second kappa shape index (κ2) is 8.37. The molecule has 7 heteroatoms. The summed E-state index contributed by atoms with van der Waals surface area (Å²) in [7, 11) is -3.84. The highest BCUT2D eigenvalue weighted by Crippen LogP contribution is 2.28. The van der Waals surface area contributed by atoms with Crippen molar-refractivity contribution >= 4 is 21.9 Å². The zero-order chi connectivity index (χ0) is 14.2. The normalized spacial score (nSPS) is 14.7. The summed E-state index contributed by atoms with van der Waals surface area (Å²) in [5, 5.41) is 17.9. The predicted molar refractivity (Wildman–Crippen MR) is 74.5 cm³/mol. The van der Waals surface area contributed by atoms with E-state index in [2.05, 4.69) is 13.8 Å². The van der Waals surface area contributed by atoms with Crippen LogP contribution < -0.4 is 0 Å². The minimum absolute atomic E-state index is 0.0546. The molecule has 0 aromatic carbocycles. The lowest BCUT2D eigenvalue weighted by atomic mass is 9.90. The van der Waals surface area contributed by atoms with Crippen molar-refractivity contribution in [3.8, 4) is 0 Å². The van der Waals surface area contributed by atoms with Crippen LogP contribution in [0.1, 0.15) is 33.1 Å². The molecule has 1 atom stereocenters. The van der Waals surface area contributed by atoms with Gasteiger partial charge >= 0.3 is 0 Å². The second-order valence-corrected chi connectivity index (χ2v) is 7.86. The lowest BCUT2D eigenvalue weighted by Crippen LogP contribution is -2.20. The van der Waals surface area contributed by atoms with Crippen LogP contribution in [-0.2, 0) is 10.1 Å². The van der Waals surface area contributed by atoms with Gasteiger partial charge in [-0.1, -0.05) is 20.3 Å². The smallest absolute Gasteiger partial charge is 0.264 e. The highest BCUT2D eigenvalue weighted by Gasteiger charge is 2.18. The first kappa shape index (κ1) is 18.2. The monoisotopic (exact) mass is 300 g/mol. The predicted octanol–water partition coefficient (Wildman–Crippen LogP) is 1.16. The maximum atomic E-state index is 10.5. The van der Waals surface area contributed by atoms with Crippen LogP contribution in [0.4, 0.5) is 0 Å². The number of unbranched alkanes of at least 4 members (excludes halogenated alkanes) is 1. The fourth-order valence-corrected chi connectivity index (χ4v) is 3.25. The van der Waals surface area contributed by atoms with E-state index >= 15 is 0 Å². The topological polar surface area (TPSA) is 94.8 Å². The first-order valence-electron chi connectivity index (χ1n) is 5.98. The van der Waals surface area contributed by atoms with Crippen molar-refractivity contribution in [3.63, 3.8) is 0 Å². The largest absolute Gasteiger partial charge is 0.394 e. The summed E-state index contributed by atoms with van der Waals surface area (Å²) in [4.78, 5) is 0. The molecule has 0 aromatic rings. The molecular weight excluding hydrogens is 276 g/mol. The van der Waals surface area contributed by atoms with Gasteiger partial charge in [-0.15, -0.1) is 0 Å². The van der Waals surface area contributed by atoms with Crippen molar-refractivity contribution in [2.24, 2.45) is 5.41 Å². The Kier molecular flexibility index (Phi) is 8.45. The molecule has 0 aromatic heterocycles. The molecule has 0 saturated carbocycles. The number of aliphatic hydroxyl groups is 2. The van der Waals surface area contributed by atoms with Gasteiger partial charge in [0, 0.05) is 5.75 Å². The molecule has 18 heavy (non-hydrogen) atoms. The van der Waals surface area contributed by atoms with Crippen LogP contribution in [0.3, 0.4) is 0 Å². The fraction of sp³-hybridized carbons (Fsp3) is 1.00. The van der Waals surface area contributed by atoms with E-state index < -0.39 is 16.2 Å². The standard InChI is InChI=1S/C11H24O5S2/c1-11(2,9-17-8-10(13)7-12)5-3-4-6-18(14,15)16/h10,12-13H,3-9H2,1-2H3,(H,14,15,16). The fourth-order valence-electron chi connectivity index (χ4n) is 1.48. The third kappa shape index (κ3) is 11.3. The lowest BCUT2D eigenvalue weighted by molar-refractivity contribution is 0.113. The van der Waals surface area contributed by atoms with E-state index in [1.807, 2.05) is 0 Å². The van der Waals surface area contributed by atoms with Crippen molar-refractivity contribution in [3.05, 3.63) is 0 Å². The first-order chi connectivity index (χ1) is 8.16. The maximum absolute atomic E-state index is 10.5. The Hall–Kier alpha value is 0.180. The Morgan fingerprint density at radius 3 is 2.39 bits per heavy atom. The maximum Gasteiger partial charge on any atom is 0.264 e. The average Bonchev–Trinajstić information content (AvgIpc) is 2.23. The Balaban J connectivity index is 3.73. The van der Waals surface area contributed by atoms with Crippen molar-refractivity contribution in [1.82, 2.24) is 0 Å². The molecule has 5 nitrogen and oxygen atoms in total. The molecular formula is C11H24O5S2. The zero-order valence-corrected chi connectivity index (χ0v) is 12.6. The quantitative estimate of drug-likeness (QED) is 0.414. The molecule has 0 aliphatic heterocycles. The average molecular weight is 300 g/mol. The second-order valence-electron chi connectivity index (χ2n) is 5.26. The van der Waals surface area contributed by atoms with Gasteiger partial charge < -0.3 is 10.2 Å². The summed E-state index contributed by atoms with van der Waals surface area (Å²) >= 11 is 1.58. The van der Waals surface area contributed by atoms with Crippen LogP contribution >= 0.6 is 11.8 Å². The molecule has 0 fully saturated rings. The van der Waals surface area contributed by atoms with Crippen molar-refractivity contribution in [1.29, 1.82) is 0 Å². The third-order valence-corrected chi connectivity index (χ3v) is 4.93. The van der Waals surface area contributed by atoms with Gasteiger partial charge in [0.1, 0.15) is 0 Å². The van der Waals surface area contributed by atoms with E-state index in [0.717, 1.165) is 18.6 Å². The summed E-state index contributed by atoms with van der Waals surface area (Å²) in [6.07, 6.45) is 1.40. The van der Waals surface area contributed by atoms with Crippen LogP contribution in [0.5, 0.6) is 0 Å². The Morgan fingerprint density at radius 2 is 1.89 bits per heavy atom. The summed E-state index contributed by atoms with van der Waals surface area (Å²) < 4.78 is 29.7. The van der Waals surface area contributed by atoms with E-state index in [9.17, 15) is 13.5 Å². The molecule has 0 aliphatic carbocycles. The van der Waals surface area contributed by atoms with E-state index in [1.54, 1.807) is 11.8 Å². The minimum Gasteiger partial charge on any atom is -0.394 e. The number of hydrogen-bond acceptors (Lipinski definition) is 5. The molecule has 0 amide bonds. The van der Waals surface area contributed by atoms with Gasteiger partial charge in [0.25, 0.3) is 10.1 Å². The van der Waals surface area contributed by atoms with Gasteiger partial charge in [-0.25, -0.2) is 0 Å². The number of rotatable bonds is 10. The zero-order valence-electron chi connectivity index (χ0n) is 11.0. The summed E-state index contributed by atoms with van der Waals surface area (Å²) in [5.74, 6) is 1.17. The van der Waals surface area contributed by atoms with E-state index in [-0.39, 0.29) is 17.8 Å². The van der Waals surface area contributed by atoms with Gasteiger partial charge in [-0.3, -0.25) is 4.55 Å². The Bertz CT molecular complexity index is 313. The van der Waals surface area contributed by atoms with E-state index in [0.29, 0.717) is 12.2 Å². The molecule has 0 bridgehead atoms. The van der Waals surface area contributed by atoms with Crippen LogP contribution in [0.15, 0.2) is 0 Å². The summed E-state index contributed by atoms with van der Waals surface area (Å²) in [6, 6.07) is 0. The van der Waals surface area contributed by atoms with Gasteiger partial charge in [0.2, 0.25) is 0 Å². The van der Waals surface area contributed by atoms with Gasteiger partial charge in [0.15, 0.2) is 0 Å². The van der Waals surface area contributed by atoms with Crippen molar-refractivity contribution in [2.45, 2.75) is 39.2 Å². The molecule has 0 rings (SSSR count). The van der Waals surface area contributed by atoms with Crippen LogP contribution in [0.2, 0.25) is 0 Å². The minimum atomic E-state index is -3.84. The molecule has 1 unspecified atom stereocenters. The summed E-state index contributed by atoms with van der Waals surface area (Å²) in [5.41, 5.74) is 0.0546. The summed E-state index contributed by atoms with van der Waals surface area (Å²) in [6.45, 7) is 3.94. The molecule has 0 spiro atoms. The first-order valence-corrected chi connectivity index (χ1v) is 8.74. The van der Waals surface area contributed by atoms with E-state index in [4.69, 9.17) is 9.66 Å². The molecule has 0 aliphatic rings. The number of aliphatic hydroxyl groups excluding tert-OH is 2. The van der Waals surface area contributed by atoms with Crippen molar-refractivity contribution in [2.75, 3.05) is 23.9 Å².